The van der Waals surface area contributed by atoms with E-state index in [4.69, 9.17) is 4.74 Å². The summed E-state index contributed by atoms with van der Waals surface area (Å²) in [6.07, 6.45) is 3.83. The van der Waals surface area contributed by atoms with Crippen molar-refractivity contribution in [2.24, 2.45) is 0 Å². The number of aryl methyl sites for hydroxylation is 1. The number of amides is 2. The Labute approximate surface area is 234 Å². The number of hydrogen-bond acceptors (Lipinski definition) is 7. The summed E-state index contributed by atoms with van der Waals surface area (Å²) in [4.78, 5) is 27.4. The lowest BCUT2D eigenvalue weighted by Crippen LogP contribution is -2.19. The Balaban J connectivity index is 1.25. The SMILES string of the molecule is CCn1c(COc2ccccc2F)nnc1SCC(=O)Nc1sc2c(c1C(=O)Nc1ccccc1)CCCC2. The van der Waals surface area contributed by atoms with Gasteiger partial charge in [0.15, 0.2) is 22.5 Å². The number of para-hydroxylation sites is 2. The van der Waals surface area contributed by atoms with Gasteiger partial charge in [-0.15, -0.1) is 21.5 Å². The van der Waals surface area contributed by atoms with Crippen LogP contribution in [-0.2, 0) is 30.8 Å². The minimum atomic E-state index is -0.446. The lowest BCUT2D eigenvalue weighted by atomic mass is 9.95. The third kappa shape index (κ3) is 6.31. The Kier molecular flexibility index (Phi) is 8.58. The molecule has 8 nitrogen and oxygen atoms in total. The van der Waals surface area contributed by atoms with Gasteiger partial charge in [0, 0.05) is 17.1 Å². The van der Waals surface area contributed by atoms with Crippen LogP contribution >= 0.6 is 23.1 Å². The number of aromatic nitrogens is 3. The summed E-state index contributed by atoms with van der Waals surface area (Å²) in [7, 11) is 0. The zero-order valence-electron chi connectivity index (χ0n) is 21.4. The fraction of sp³-hybridized carbons (Fsp3) is 0.286. The van der Waals surface area contributed by atoms with Crippen LogP contribution in [0.25, 0.3) is 0 Å². The molecule has 1 aliphatic carbocycles. The van der Waals surface area contributed by atoms with E-state index in [1.54, 1.807) is 18.2 Å². The normalized spacial score (nSPS) is 12.6. The van der Waals surface area contributed by atoms with Crippen molar-refractivity contribution in [2.45, 2.75) is 50.9 Å². The first-order chi connectivity index (χ1) is 19.0. The van der Waals surface area contributed by atoms with E-state index in [1.807, 2.05) is 41.8 Å². The third-order valence-corrected chi connectivity index (χ3v) is 8.49. The predicted molar refractivity (Wildman–Crippen MR) is 151 cm³/mol. The van der Waals surface area contributed by atoms with Gasteiger partial charge in [-0.25, -0.2) is 4.39 Å². The van der Waals surface area contributed by atoms with E-state index in [0.29, 0.717) is 33.8 Å². The first-order valence-electron chi connectivity index (χ1n) is 12.8. The zero-order chi connectivity index (χ0) is 27.2. The average Bonchev–Trinajstić information content (AvgIpc) is 3.52. The van der Waals surface area contributed by atoms with Crippen molar-refractivity contribution in [3.63, 3.8) is 0 Å². The second-order valence-electron chi connectivity index (χ2n) is 8.93. The molecule has 0 aliphatic heterocycles. The minimum Gasteiger partial charge on any atom is -0.483 e. The number of rotatable bonds is 10. The predicted octanol–water partition coefficient (Wildman–Crippen LogP) is 5.94. The molecule has 202 valence electrons. The van der Waals surface area contributed by atoms with E-state index in [-0.39, 0.29) is 29.9 Å². The van der Waals surface area contributed by atoms with Gasteiger partial charge in [-0.05, 0) is 62.4 Å². The smallest absolute Gasteiger partial charge is 0.258 e. The van der Waals surface area contributed by atoms with Crippen LogP contribution in [0.3, 0.4) is 0 Å². The van der Waals surface area contributed by atoms with Gasteiger partial charge in [-0.3, -0.25) is 9.59 Å². The molecule has 2 heterocycles. The number of thiophene rings is 1. The number of halogens is 1. The Morgan fingerprint density at radius 2 is 1.82 bits per heavy atom. The molecule has 2 aromatic heterocycles. The van der Waals surface area contributed by atoms with Gasteiger partial charge in [-0.1, -0.05) is 42.1 Å². The lowest BCUT2D eigenvalue weighted by molar-refractivity contribution is -0.113. The quantitative estimate of drug-likeness (QED) is 0.231. The molecule has 0 bridgehead atoms. The molecule has 0 spiro atoms. The minimum absolute atomic E-state index is 0.0508. The van der Waals surface area contributed by atoms with Gasteiger partial charge in [0.2, 0.25) is 5.91 Å². The number of carbonyl (C=O) groups is 2. The number of ether oxygens (including phenoxy) is 1. The van der Waals surface area contributed by atoms with Gasteiger partial charge in [0.1, 0.15) is 11.6 Å². The summed E-state index contributed by atoms with van der Waals surface area (Å²) in [6.45, 7) is 2.55. The van der Waals surface area contributed by atoms with E-state index >= 15 is 0 Å². The average molecular weight is 566 g/mol. The summed E-state index contributed by atoms with van der Waals surface area (Å²) in [5, 5.41) is 15.5. The van der Waals surface area contributed by atoms with Crippen LogP contribution in [0.5, 0.6) is 5.75 Å². The van der Waals surface area contributed by atoms with E-state index in [0.717, 1.165) is 36.1 Å². The van der Waals surface area contributed by atoms with Crippen molar-refractivity contribution in [1.29, 1.82) is 0 Å². The second kappa shape index (κ2) is 12.4. The van der Waals surface area contributed by atoms with E-state index < -0.39 is 5.82 Å². The molecular weight excluding hydrogens is 537 g/mol. The molecule has 0 radical (unpaired) electrons. The maximum atomic E-state index is 13.9. The molecule has 11 heteroatoms. The molecule has 0 atom stereocenters. The van der Waals surface area contributed by atoms with Crippen molar-refractivity contribution in [2.75, 3.05) is 16.4 Å². The Morgan fingerprint density at radius 1 is 1.05 bits per heavy atom. The maximum Gasteiger partial charge on any atom is 0.258 e. The van der Waals surface area contributed by atoms with Gasteiger partial charge < -0.3 is 19.9 Å². The number of anilines is 2. The van der Waals surface area contributed by atoms with Crippen LogP contribution in [0.15, 0.2) is 59.8 Å². The van der Waals surface area contributed by atoms with Crippen molar-refractivity contribution in [3.8, 4) is 5.75 Å². The summed E-state index contributed by atoms with van der Waals surface area (Å²) in [5.41, 5.74) is 2.30. The van der Waals surface area contributed by atoms with Crippen LogP contribution in [0.1, 0.15) is 46.4 Å². The standard InChI is InChI=1S/C28H28FN5O3S2/c1-2-34-23(16-37-21-14-8-7-13-20(21)29)32-33-28(34)38-17-24(35)31-27-25(19-12-6-9-15-22(19)39-27)26(36)30-18-10-4-3-5-11-18/h3-5,7-8,10-11,13-14H,2,6,9,12,15-17H2,1H3,(H,30,36)(H,31,35). The number of fused-ring (bicyclic) bond motifs is 1. The number of thioether (sulfide) groups is 1. The van der Waals surface area contributed by atoms with Gasteiger partial charge >= 0.3 is 0 Å². The molecule has 2 amide bonds. The summed E-state index contributed by atoms with van der Waals surface area (Å²) in [6, 6.07) is 15.5. The van der Waals surface area contributed by atoms with Crippen molar-refractivity contribution >= 4 is 45.6 Å². The Hall–Kier alpha value is -3.70. The highest BCUT2D eigenvalue weighted by Gasteiger charge is 2.26. The van der Waals surface area contributed by atoms with Gasteiger partial charge in [0.05, 0.1) is 11.3 Å². The molecule has 0 unspecified atom stereocenters. The molecular formula is C28H28FN5O3S2. The van der Waals surface area contributed by atoms with Crippen molar-refractivity contribution < 1.29 is 18.7 Å². The van der Waals surface area contributed by atoms with Crippen LogP contribution in [-0.4, -0.2) is 32.3 Å². The highest BCUT2D eigenvalue weighted by Crippen LogP contribution is 2.38. The molecule has 39 heavy (non-hydrogen) atoms. The summed E-state index contributed by atoms with van der Waals surface area (Å²) >= 11 is 2.73. The largest absolute Gasteiger partial charge is 0.483 e. The van der Waals surface area contributed by atoms with Crippen LogP contribution in [0.4, 0.5) is 15.1 Å². The molecule has 0 fully saturated rings. The molecule has 0 saturated carbocycles. The maximum absolute atomic E-state index is 13.9. The number of nitrogens with one attached hydrogen (secondary N) is 2. The molecule has 4 aromatic rings. The van der Waals surface area contributed by atoms with E-state index in [2.05, 4.69) is 20.8 Å². The van der Waals surface area contributed by atoms with Crippen molar-refractivity contribution in [3.05, 3.63) is 82.2 Å². The van der Waals surface area contributed by atoms with Gasteiger partial charge in [0.25, 0.3) is 5.91 Å². The molecule has 1 aliphatic rings. The fourth-order valence-electron chi connectivity index (χ4n) is 4.46. The first kappa shape index (κ1) is 26.9. The molecule has 2 N–H and O–H groups in total. The highest BCUT2D eigenvalue weighted by molar-refractivity contribution is 7.99. The monoisotopic (exact) mass is 565 g/mol. The van der Waals surface area contributed by atoms with Crippen molar-refractivity contribution in [1.82, 2.24) is 14.8 Å². The van der Waals surface area contributed by atoms with E-state index in [9.17, 15) is 14.0 Å². The number of hydrogen-bond donors (Lipinski definition) is 2. The number of benzene rings is 2. The third-order valence-electron chi connectivity index (χ3n) is 6.32. The molecule has 0 saturated heterocycles. The summed E-state index contributed by atoms with van der Waals surface area (Å²) < 4.78 is 21.3. The lowest BCUT2D eigenvalue weighted by Gasteiger charge is -2.13. The van der Waals surface area contributed by atoms with Crippen LogP contribution < -0.4 is 15.4 Å². The second-order valence-corrected chi connectivity index (χ2v) is 11.0. The highest BCUT2D eigenvalue weighted by atomic mass is 32.2. The zero-order valence-corrected chi connectivity index (χ0v) is 23.0. The fourth-order valence-corrected chi connectivity index (χ4v) is 6.58. The number of carbonyl (C=O) groups excluding carboxylic acids is 2. The van der Waals surface area contributed by atoms with Gasteiger partial charge in [-0.2, -0.15) is 0 Å². The topological polar surface area (TPSA) is 98.1 Å². The van der Waals surface area contributed by atoms with Crippen LogP contribution in [0.2, 0.25) is 0 Å². The summed E-state index contributed by atoms with van der Waals surface area (Å²) in [5.74, 6) is -0.125. The molecule has 5 rings (SSSR count). The Morgan fingerprint density at radius 3 is 2.62 bits per heavy atom. The van der Waals surface area contributed by atoms with Crippen LogP contribution in [0, 0.1) is 5.82 Å². The number of nitrogens with zero attached hydrogens (tertiary/aromatic N) is 3. The Bertz CT molecular complexity index is 1470. The first-order valence-corrected chi connectivity index (χ1v) is 14.6. The van der Waals surface area contributed by atoms with E-state index in [1.165, 1.54) is 29.2 Å². The molecule has 2 aromatic carbocycles.